The molecule has 1 unspecified atom stereocenters. The van der Waals surface area contributed by atoms with Crippen LogP contribution in [0.25, 0.3) is 5.69 Å². The van der Waals surface area contributed by atoms with Crippen LogP contribution in [0.4, 0.5) is 4.39 Å². The van der Waals surface area contributed by atoms with Crippen LogP contribution in [-0.2, 0) is 11.2 Å². The van der Waals surface area contributed by atoms with Gasteiger partial charge < -0.3 is 4.90 Å². The summed E-state index contributed by atoms with van der Waals surface area (Å²) in [5.74, 6) is -0.383. The predicted molar refractivity (Wildman–Crippen MR) is 90.4 cm³/mol. The molecule has 0 spiro atoms. The van der Waals surface area contributed by atoms with Crippen molar-refractivity contribution >= 4 is 5.91 Å². The Hall–Kier alpha value is -3.09. The lowest BCUT2D eigenvalue weighted by atomic mass is 10.1. The van der Waals surface area contributed by atoms with Gasteiger partial charge in [0.2, 0.25) is 5.91 Å². The first kappa shape index (κ1) is 16.8. The molecule has 6 nitrogen and oxygen atoms in total. The first-order chi connectivity index (χ1) is 12.1. The maximum Gasteiger partial charge on any atom is 0.227 e. The molecular formula is C18H18FN5O. The van der Waals surface area contributed by atoms with Crippen LogP contribution in [-0.4, -0.2) is 38.1 Å². The van der Waals surface area contributed by atoms with Gasteiger partial charge in [0.05, 0.1) is 18.2 Å². The van der Waals surface area contributed by atoms with Crippen molar-refractivity contribution in [1.29, 1.82) is 0 Å². The first-order valence-corrected chi connectivity index (χ1v) is 7.88. The molecule has 0 saturated heterocycles. The summed E-state index contributed by atoms with van der Waals surface area (Å²) in [6, 6.07) is 13.6. The van der Waals surface area contributed by atoms with E-state index in [4.69, 9.17) is 0 Å². The van der Waals surface area contributed by atoms with Gasteiger partial charge in [0, 0.05) is 12.6 Å². The van der Waals surface area contributed by atoms with Crippen LogP contribution in [0.1, 0.15) is 24.1 Å². The van der Waals surface area contributed by atoms with Gasteiger partial charge in [-0.3, -0.25) is 4.79 Å². The number of hydrogen-bond acceptors (Lipinski definition) is 4. The maximum atomic E-state index is 13.9. The highest BCUT2D eigenvalue weighted by molar-refractivity contribution is 5.79. The molecular weight excluding hydrogens is 321 g/mol. The van der Waals surface area contributed by atoms with Crippen LogP contribution in [0.15, 0.2) is 54.9 Å². The lowest BCUT2D eigenvalue weighted by Crippen LogP contribution is -2.31. The summed E-state index contributed by atoms with van der Waals surface area (Å²) in [6.45, 7) is 1.82. The van der Waals surface area contributed by atoms with E-state index >= 15 is 0 Å². The Bertz CT molecular complexity index is 848. The normalized spacial score (nSPS) is 12.0. The minimum atomic E-state index is -0.339. The topological polar surface area (TPSA) is 63.9 Å². The Labute approximate surface area is 144 Å². The summed E-state index contributed by atoms with van der Waals surface area (Å²) in [6.07, 6.45) is 1.75. The molecule has 3 rings (SSSR count). The van der Waals surface area contributed by atoms with Crippen LogP contribution in [0.2, 0.25) is 0 Å². The molecule has 7 heteroatoms. The Balaban J connectivity index is 1.68. The number of tetrazole rings is 1. The van der Waals surface area contributed by atoms with Crippen molar-refractivity contribution in [3.8, 4) is 5.69 Å². The first-order valence-electron chi connectivity index (χ1n) is 7.88. The molecule has 0 bridgehead atoms. The summed E-state index contributed by atoms with van der Waals surface area (Å²) in [5, 5.41) is 11.0. The molecule has 25 heavy (non-hydrogen) atoms. The molecule has 0 saturated carbocycles. The minimum absolute atomic E-state index is 0.0778. The Morgan fingerprint density at radius 1 is 1.20 bits per heavy atom. The van der Waals surface area contributed by atoms with E-state index in [9.17, 15) is 9.18 Å². The van der Waals surface area contributed by atoms with Gasteiger partial charge >= 0.3 is 0 Å². The number of aromatic nitrogens is 4. The van der Waals surface area contributed by atoms with Gasteiger partial charge in [0.15, 0.2) is 0 Å². The number of carbonyl (C=O) groups excluding carboxylic acids is 1. The minimum Gasteiger partial charge on any atom is -0.339 e. The van der Waals surface area contributed by atoms with E-state index in [1.165, 1.54) is 17.1 Å². The number of rotatable bonds is 5. The van der Waals surface area contributed by atoms with Crippen molar-refractivity contribution in [3.63, 3.8) is 0 Å². The smallest absolute Gasteiger partial charge is 0.227 e. The zero-order chi connectivity index (χ0) is 17.8. The van der Waals surface area contributed by atoms with Crippen molar-refractivity contribution in [1.82, 2.24) is 25.1 Å². The maximum absolute atomic E-state index is 13.9. The summed E-state index contributed by atoms with van der Waals surface area (Å²) in [4.78, 5) is 14.1. The summed E-state index contributed by atoms with van der Waals surface area (Å²) >= 11 is 0. The molecule has 0 N–H and O–H groups in total. The van der Waals surface area contributed by atoms with E-state index in [1.54, 1.807) is 30.1 Å². The number of benzene rings is 2. The number of carbonyl (C=O) groups is 1. The average molecular weight is 339 g/mol. The van der Waals surface area contributed by atoms with Crippen molar-refractivity contribution in [2.75, 3.05) is 7.05 Å². The molecule has 1 amide bonds. The summed E-state index contributed by atoms with van der Waals surface area (Å²) < 4.78 is 15.5. The predicted octanol–water partition coefficient (Wildman–Crippen LogP) is 2.56. The molecule has 0 fully saturated rings. The molecule has 0 radical (unpaired) electrons. The number of hydrogen-bond donors (Lipinski definition) is 0. The lowest BCUT2D eigenvalue weighted by molar-refractivity contribution is -0.131. The van der Waals surface area contributed by atoms with Crippen LogP contribution in [0, 0.1) is 5.82 Å². The third-order valence-corrected chi connectivity index (χ3v) is 4.23. The molecule has 1 atom stereocenters. The number of halogens is 1. The Morgan fingerprint density at radius 2 is 1.92 bits per heavy atom. The number of nitrogens with zero attached hydrogens (tertiary/aromatic N) is 5. The highest BCUT2D eigenvalue weighted by Crippen LogP contribution is 2.22. The van der Waals surface area contributed by atoms with Crippen LogP contribution in [0.3, 0.4) is 0 Å². The van der Waals surface area contributed by atoms with Gasteiger partial charge in [-0.2, -0.15) is 0 Å². The van der Waals surface area contributed by atoms with E-state index in [1.807, 2.05) is 31.2 Å². The molecule has 3 aromatic rings. The van der Waals surface area contributed by atoms with Gasteiger partial charge in [0.25, 0.3) is 0 Å². The second kappa shape index (κ2) is 7.21. The van der Waals surface area contributed by atoms with E-state index in [2.05, 4.69) is 15.5 Å². The Kier molecular flexibility index (Phi) is 4.83. The largest absolute Gasteiger partial charge is 0.339 e. The van der Waals surface area contributed by atoms with Gasteiger partial charge in [-0.05, 0) is 41.1 Å². The summed E-state index contributed by atoms with van der Waals surface area (Å²) in [5.41, 5.74) is 2.19. The third-order valence-electron chi connectivity index (χ3n) is 4.23. The zero-order valence-corrected chi connectivity index (χ0v) is 14.0. The summed E-state index contributed by atoms with van der Waals surface area (Å²) in [7, 11) is 1.69. The van der Waals surface area contributed by atoms with Gasteiger partial charge in [0.1, 0.15) is 12.1 Å². The molecule has 0 aliphatic rings. The van der Waals surface area contributed by atoms with Gasteiger partial charge in [-0.1, -0.05) is 30.3 Å². The molecule has 1 aromatic heterocycles. The van der Waals surface area contributed by atoms with Gasteiger partial charge in [-0.15, -0.1) is 5.10 Å². The third kappa shape index (κ3) is 3.71. The Morgan fingerprint density at radius 3 is 2.56 bits per heavy atom. The molecule has 0 aliphatic heterocycles. The van der Waals surface area contributed by atoms with Crippen LogP contribution in [0.5, 0.6) is 0 Å². The second-order valence-corrected chi connectivity index (χ2v) is 5.80. The fourth-order valence-electron chi connectivity index (χ4n) is 2.58. The van der Waals surface area contributed by atoms with Crippen molar-refractivity contribution in [2.24, 2.45) is 0 Å². The van der Waals surface area contributed by atoms with Crippen LogP contribution >= 0.6 is 0 Å². The van der Waals surface area contributed by atoms with E-state index in [-0.39, 0.29) is 24.2 Å². The standard InChI is InChI=1S/C18H18FN5O/c1-13(16-5-3-4-6-17(16)19)23(2)18(25)11-14-7-9-15(10-8-14)24-12-20-21-22-24/h3-10,12-13H,11H2,1-2H3. The highest BCUT2D eigenvalue weighted by Gasteiger charge is 2.20. The SMILES string of the molecule is CC(c1ccccc1F)N(C)C(=O)Cc1ccc(-n2cnnn2)cc1. The van der Waals surface area contributed by atoms with E-state index < -0.39 is 0 Å². The molecule has 0 aliphatic carbocycles. The molecule has 128 valence electrons. The number of likely N-dealkylation sites (N-methyl/N-ethyl adjacent to an activating group) is 1. The quantitative estimate of drug-likeness (QED) is 0.717. The average Bonchev–Trinajstić information content (AvgIpc) is 3.16. The van der Waals surface area contributed by atoms with Crippen molar-refractivity contribution < 1.29 is 9.18 Å². The van der Waals surface area contributed by atoms with Crippen LogP contribution < -0.4 is 0 Å². The molecule has 1 heterocycles. The van der Waals surface area contributed by atoms with E-state index in [0.29, 0.717) is 5.56 Å². The van der Waals surface area contributed by atoms with Crippen molar-refractivity contribution in [3.05, 3.63) is 71.8 Å². The zero-order valence-electron chi connectivity index (χ0n) is 14.0. The lowest BCUT2D eigenvalue weighted by Gasteiger charge is -2.25. The van der Waals surface area contributed by atoms with Gasteiger partial charge in [-0.25, -0.2) is 9.07 Å². The fraction of sp³-hybridized carbons (Fsp3) is 0.222. The highest BCUT2D eigenvalue weighted by atomic mass is 19.1. The van der Waals surface area contributed by atoms with Crippen molar-refractivity contribution in [2.45, 2.75) is 19.4 Å². The second-order valence-electron chi connectivity index (χ2n) is 5.80. The monoisotopic (exact) mass is 339 g/mol. The number of amides is 1. The fourth-order valence-corrected chi connectivity index (χ4v) is 2.58. The van der Waals surface area contributed by atoms with E-state index in [0.717, 1.165) is 11.3 Å². The molecule has 2 aromatic carbocycles.